The molecule has 1 aliphatic carbocycles. The SMILES string of the molecule is COC(=O)c1c(NC(=O)c2sc3nc(N)c(C#N)c(-c4ccco4)c3c2N)sc2c1CCCCCC2. The largest absolute Gasteiger partial charge is 0.465 e. The minimum absolute atomic E-state index is 0.0237. The van der Waals surface area contributed by atoms with Crippen molar-refractivity contribution in [1.82, 2.24) is 4.98 Å². The molecular formula is C25H23N5O4S2. The first-order valence-corrected chi connectivity index (χ1v) is 13.1. The number of anilines is 3. The van der Waals surface area contributed by atoms with E-state index >= 15 is 0 Å². The number of aryl methyl sites for hydroxylation is 1. The van der Waals surface area contributed by atoms with Gasteiger partial charge in [-0.1, -0.05) is 12.8 Å². The Balaban J connectivity index is 1.60. The van der Waals surface area contributed by atoms with E-state index in [1.807, 2.05) is 0 Å². The highest BCUT2D eigenvalue weighted by Gasteiger charge is 2.29. The van der Waals surface area contributed by atoms with Gasteiger partial charge in [0.05, 0.1) is 30.2 Å². The number of carbonyl (C=O) groups is 2. The number of nitrogens with two attached hydrogens (primary N) is 2. The molecule has 5 rings (SSSR count). The second-order valence-electron chi connectivity index (χ2n) is 8.43. The van der Waals surface area contributed by atoms with Crippen LogP contribution in [0.4, 0.5) is 16.5 Å². The summed E-state index contributed by atoms with van der Waals surface area (Å²) in [6.07, 6.45) is 7.37. The highest BCUT2D eigenvalue weighted by Crippen LogP contribution is 2.44. The van der Waals surface area contributed by atoms with E-state index < -0.39 is 11.9 Å². The summed E-state index contributed by atoms with van der Waals surface area (Å²) < 4.78 is 10.6. The molecule has 0 unspecified atom stereocenters. The average molecular weight is 522 g/mol. The minimum Gasteiger partial charge on any atom is -0.465 e. The first-order chi connectivity index (χ1) is 17.4. The Morgan fingerprint density at radius 2 is 1.97 bits per heavy atom. The van der Waals surface area contributed by atoms with Crippen molar-refractivity contribution in [1.29, 1.82) is 5.26 Å². The van der Waals surface area contributed by atoms with E-state index in [-0.39, 0.29) is 21.9 Å². The molecule has 0 bridgehead atoms. The predicted octanol–water partition coefficient (Wildman–Crippen LogP) is 5.35. The number of ether oxygens (including phenoxy) is 1. The van der Waals surface area contributed by atoms with Crippen molar-refractivity contribution in [3.63, 3.8) is 0 Å². The molecule has 184 valence electrons. The molecule has 0 aromatic carbocycles. The number of amides is 1. The molecule has 0 spiro atoms. The zero-order valence-electron chi connectivity index (χ0n) is 19.5. The maximum absolute atomic E-state index is 13.5. The second kappa shape index (κ2) is 9.64. The van der Waals surface area contributed by atoms with Gasteiger partial charge < -0.3 is 25.9 Å². The van der Waals surface area contributed by atoms with Gasteiger partial charge in [-0.05, 0) is 43.4 Å². The number of nitriles is 1. The molecule has 0 atom stereocenters. The standard InChI is InChI=1S/C25H23N5O4S2/c1-33-25(32)17-12-7-4-2-3-5-9-15(12)35-23(17)30-22(31)20-19(27)18-16(14-8-6-10-34-14)13(11-26)21(28)29-24(18)36-20/h6,8,10H,2-5,7,9,27H2,1H3,(H2,28,29)(H,30,31). The van der Waals surface area contributed by atoms with Gasteiger partial charge >= 0.3 is 5.97 Å². The lowest BCUT2D eigenvalue weighted by Gasteiger charge is -2.11. The normalized spacial score (nSPS) is 13.4. The first-order valence-electron chi connectivity index (χ1n) is 11.4. The van der Waals surface area contributed by atoms with Crippen molar-refractivity contribution in [2.75, 3.05) is 23.9 Å². The van der Waals surface area contributed by atoms with Crippen LogP contribution < -0.4 is 16.8 Å². The van der Waals surface area contributed by atoms with Crippen LogP contribution in [-0.2, 0) is 17.6 Å². The number of esters is 1. The topological polar surface area (TPSA) is 157 Å². The van der Waals surface area contributed by atoms with Crippen LogP contribution in [0.5, 0.6) is 0 Å². The minimum atomic E-state index is -0.475. The summed E-state index contributed by atoms with van der Waals surface area (Å²) in [7, 11) is 1.34. The number of fused-ring (bicyclic) bond motifs is 2. The van der Waals surface area contributed by atoms with Crippen LogP contribution in [0.2, 0.25) is 0 Å². The maximum atomic E-state index is 13.5. The lowest BCUT2D eigenvalue weighted by molar-refractivity contribution is 0.0601. The van der Waals surface area contributed by atoms with Crippen LogP contribution in [0.1, 0.15) is 61.7 Å². The Kier molecular flexibility index (Phi) is 6.38. The third-order valence-electron chi connectivity index (χ3n) is 6.28. The van der Waals surface area contributed by atoms with Gasteiger partial charge in [-0.15, -0.1) is 22.7 Å². The number of nitrogens with one attached hydrogen (secondary N) is 1. The van der Waals surface area contributed by atoms with E-state index in [9.17, 15) is 14.9 Å². The molecular weight excluding hydrogens is 498 g/mol. The Hall–Kier alpha value is -3.88. The zero-order chi connectivity index (χ0) is 25.4. The van der Waals surface area contributed by atoms with Crippen molar-refractivity contribution in [2.45, 2.75) is 38.5 Å². The molecule has 4 heterocycles. The van der Waals surface area contributed by atoms with E-state index in [1.165, 1.54) is 24.7 Å². The van der Waals surface area contributed by atoms with Crippen LogP contribution in [-0.4, -0.2) is 24.0 Å². The first kappa shape index (κ1) is 23.8. The number of nitrogens with zero attached hydrogens (tertiary/aromatic N) is 2. The third-order valence-corrected chi connectivity index (χ3v) is 8.58. The van der Waals surface area contributed by atoms with E-state index in [1.54, 1.807) is 12.1 Å². The summed E-state index contributed by atoms with van der Waals surface area (Å²) in [6, 6.07) is 5.44. The summed E-state index contributed by atoms with van der Waals surface area (Å²) in [4.78, 5) is 32.2. The fourth-order valence-electron chi connectivity index (χ4n) is 4.60. The van der Waals surface area contributed by atoms with Crippen molar-refractivity contribution in [3.8, 4) is 17.4 Å². The van der Waals surface area contributed by atoms with Crippen molar-refractivity contribution in [3.05, 3.63) is 44.8 Å². The maximum Gasteiger partial charge on any atom is 0.341 e. The van der Waals surface area contributed by atoms with Gasteiger partial charge in [0.25, 0.3) is 5.91 Å². The highest BCUT2D eigenvalue weighted by atomic mass is 32.1. The van der Waals surface area contributed by atoms with Gasteiger partial charge in [0.1, 0.15) is 37.9 Å². The Morgan fingerprint density at radius 3 is 2.67 bits per heavy atom. The van der Waals surface area contributed by atoms with E-state index in [2.05, 4.69) is 16.4 Å². The molecule has 36 heavy (non-hydrogen) atoms. The van der Waals surface area contributed by atoms with Crippen molar-refractivity contribution in [2.24, 2.45) is 0 Å². The number of pyridine rings is 1. The van der Waals surface area contributed by atoms with E-state index in [0.717, 1.165) is 60.3 Å². The summed E-state index contributed by atoms with van der Waals surface area (Å²) in [5.41, 5.74) is 14.6. The van der Waals surface area contributed by atoms with Crippen LogP contribution >= 0.6 is 22.7 Å². The molecule has 9 nitrogen and oxygen atoms in total. The summed E-state index contributed by atoms with van der Waals surface area (Å²) in [5.74, 6) is -0.526. The lowest BCUT2D eigenvalue weighted by Crippen LogP contribution is -2.15. The molecule has 1 amide bonds. The molecule has 0 saturated carbocycles. The average Bonchev–Trinajstić information content (AvgIpc) is 3.56. The number of furan rings is 1. The monoisotopic (exact) mass is 521 g/mol. The summed E-state index contributed by atoms with van der Waals surface area (Å²) >= 11 is 2.48. The molecule has 0 saturated heterocycles. The predicted molar refractivity (Wildman–Crippen MR) is 140 cm³/mol. The van der Waals surface area contributed by atoms with Crippen molar-refractivity contribution < 1.29 is 18.7 Å². The lowest BCUT2D eigenvalue weighted by atomic mass is 9.96. The van der Waals surface area contributed by atoms with Gasteiger partial charge in [0.2, 0.25) is 0 Å². The molecule has 0 fully saturated rings. The quantitative estimate of drug-likeness (QED) is 0.303. The van der Waals surface area contributed by atoms with Crippen LogP contribution in [0.15, 0.2) is 22.8 Å². The van der Waals surface area contributed by atoms with E-state index in [0.29, 0.717) is 32.1 Å². The number of aromatic nitrogens is 1. The number of rotatable bonds is 4. The molecule has 4 aromatic heterocycles. The van der Waals surface area contributed by atoms with Gasteiger partial charge in [0, 0.05) is 10.3 Å². The van der Waals surface area contributed by atoms with Gasteiger partial charge in [-0.2, -0.15) is 5.26 Å². The fourth-order valence-corrected chi connectivity index (χ4v) is 6.88. The Morgan fingerprint density at radius 1 is 1.19 bits per heavy atom. The number of hydrogen-bond donors (Lipinski definition) is 3. The number of carbonyl (C=O) groups excluding carboxylic acids is 2. The second-order valence-corrected chi connectivity index (χ2v) is 10.5. The smallest absolute Gasteiger partial charge is 0.341 e. The highest BCUT2D eigenvalue weighted by molar-refractivity contribution is 7.21. The number of hydrogen-bond acceptors (Lipinski definition) is 10. The fraction of sp³-hybridized carbons (Fsp3) is 0.280. The number of thiophene rings is 2. The van der Waals surface area contributed by atoms with Gasteiger partial charge in [0.15, 0.2) is 0 Å². The van der Waals surface area contributed by atoms with Crippen molar-refractivity contribution >= 4 is 61.3 Å². The van der Waals surface area contributed by atoms with Gasteiger partial charge in [-0.25, -0.2) is 9.78 Å². The van der Waals surface area contributed by atoms with Crippen LogP contribution in [0.3, 0.4) is 0 Å². The van der Waals surface area contributed by atoms with Crippen LogP contribution in [0.25, 0.3) is 21.5 Å². The number of nitrogen functional groups attached to an aromatic ring is 2. The summed E-state index contributed by atoms with van der Waals surface area (Å²) in [5, 5.41) is 13.5. The molecule has 11 heteroatoms. The Bertz CT molecular complexity index is 1530. The van der Waals surface area contributed by atoms with Crippen LogP contribution in [0, 0.1) is 11.3 Å². The summed E-state index contributed by atoms with van der Waals surface area (Å²) in [6.45, 7) is 0. The number of methoxy groups -OCH3 is 1. The zero-order valence-corrected chi connectivity index (χ0v) is 21.1. The molecule has 0 radical (unpaired) electrons. The van der Waals surface area contributed by atoms with Gasteiger partial charge in [-0.3, -0.25) is 4.79 Å². The molecule has 5 N–H and O–H groups in total. The molecule has 4 aromatic rings. The van der Waals surface area contributed by atoms with E-state index in [4.69, 9.17) is 20.6 Å². The molecule has 1 aliphatic rings. The third kappa shape index (κ3) is 3.98. The Labute approximate surface area is 214 Å². The molecule has 0 aliphatic heterocycles.